The molecule has 0 atom stereocenters. The summed E-state index contributed by atoms with van der Waals surface area (Å²) in [6, 6.07) is 13.1. The van der Waals surface area contributed by atoms with Crippen LogP contribution >= 0.6 is 0 Å². The first-order valence-corrected chi connectivity index (χ1v) is 9.79. The number of carbonyl (C=O) groups excluding carboxylic acids is 1. The number of hydrogen-bond donors (Lipinski definition) is 1. The van der Waals surface area contributed by atoms with E-state index in [1.807, 2.05) is 42.2 Å². The Morgan fingerprint density at radius 3 is 2.48 bits per heavy atom. The maximum absolute atomic E-state index is 13.1. The Hall–Kier alpha value is -3.26. The third kappa shape index (κ3) is 4.43. The first kappa shape index (κ1) is 19.1. The van der Waals surface area contributed by atoms with Gasteiger partial charge in [-0.2, -0.15) is 0 Å². The van der Waals surface area contributed by atoms with Gasteiger partial charge in [-0.25, -0.2) is 9.97 Å². The van der Waals surface area contributed by atoms with Gasteiger partial charge in [0.25, 0.3) is 5.91 Å². The van der Waals surface area contributed by atoms with E-state index in [1.54, 1.807) is 12.1 Å². The quantitative estimate of drug-likeness (QED) is 0.714. The molecule has 3 aromatic rings. The van der Waals surface area contributed by atoms with Crippen molar-refractivity contribution in [1.29, 1.82) is 0 Å². The molecule has 4 rings (SSSR count). The fraction of sp³-hybridized carbons (Fsp3) is 0.333. The van der Waals surface area contributed by atoms with Crippen molar-refractivity contribution in [3.8, 4) is 11.4 Å². The molecule has 1 aromatic carbocycles. The number of anilines is 2. The molecule has 1 saturated heterocycles. The van der Waals surface area contributed by atoms with Crippen molar-refractivity contribution in [3.63, 3.8) is 0 Å². The third-order valence-corrected chi connectivity index (χ3v) is 4.97. The lowest BCUT2D eigenvalue weighted by atomic mass is 10.2. The second kappa shape index (κ2) is 8.40. The minimum atomic E-state index is -0.0836. The summed E-state index contributed by atoms with van der Waals surface area (Å²) < 4.78 is 5.11. The van der Waals surface area contributed by atoms with Crippen molar-refractivity contribution in [1.82, 2.24) is 24.9 Å². The molecule has 8 nitrogen and oxygen atoms in total. The van der Waals surface area contributed by atoms with Crippen molar-refractivity contribution in [2.45, 2.75) is 13.8 Å². The summed E-state index contributed by atoms with van der Waals surface area (Å²) >= 11 is 0. The second-order valence-electron chi connectivity index (χ2n) is 7.00. The first-order valence-electron chi connectivity index (χ1n) is 9.79. The molecule has 0 bridgehead atoms. The normalized spacial score (nSPS) is 14.8. The molecule has 150 valence electrons. The number of carbonyl (C=O) groups is 1. The van der Waals surface area contributed by atoms with E-state index in [-0.39, 0.29) is 5.91 Å². The Labute approximate surface area is 169 Å². The smallest absolute Gasteiger partial charge is 0.272 e. The number of benzene rings is 1. The second-order valence-corrected chi connectivity index (χ2v) is 7.00. The Morgan fingerprint density at radius 1 is 1.07 bits per heavy atom. The van der Waals surface area contributed by atoms with E-state index in [4.69, 9.17) is 4.52 Å². The molecule has 0 unspecified atom stereocenters. The lowest BCUT2D eigenvalue weighted by Gasteiger charge is -2.33. The summed E-state index contributed by atoms with van der Waals surface area (Å²) in [7, 11) is 0. The third-order valence-electron chi connectivity index (χ3n) is 4.97. The predicted octanol–water partition coefficient (Wildman–Crippen LogP) is 2.96. The number of aromatic nitrogens is 3. The summed E-state index contributed by atoms with van der Waals surface area (Å²) in [6.45, 7) is 8.10. The number of nitrogens with one attached hydrogen (secondary N) is 1. The van der Waals surface area contributed by atoms with Gasteiger partial charge in [-0.05, 0) is 13.5 Å². The monoisotopic (exact) mass is 392 g/mol. The van der Waals surface area contributed by atoms with Crippen molar-refractivity contribution in [2.24, 2.45) is 0 Å². The van der Waals surface area contributed by atoms with Crippen LogP contribution in [0.15, 0.2) is 47.0 Å². The zero-order valence-electron chi connectivity index (χ0n) is 16.6. The molecule has 29 heavy (non-hydrogen) atoms. The van der Waals surface area contributed by atoms with Gasteiger partial charge in [0.05, 0.1) is 0 Å². The van der Waals surface area contributed by atoms with Gasteiger partial charge in [0, 0.05) is 43.9 Å². The maximum Gasteiger partial charge on any atom is 0.272 e. The largest absolute Gasteiger partial charge is 0.360 e. The summed E-state index contributed by atoms with van der Waals surface area (Å²) in [5.41, 5.74) is 1.21. The maximum atomic E-state index is 13.1. The molecule has 8 heteroatoms. The zero-order chi connectivity index (χ0) is 20.2. The topological polar surface area (TPSA) is 87.4 Å². The van der Waals surface area contributed by atoms with Crippen LogP contribution in [0, 0.1) is 6.92 Å². The summed E-state index contributed by atoms with van der Waals surface area (Å²) in [5, 5.41) is 7.06. The molecule has 3 heterocycles. The van der Waals surface area contributed by atoms with Crippen LogP contribution in [0.2, 0.25) is 0 Å². The molecule has 0 saturated carbocycles. The highest BCUT2D eigenvalue weighted by Crippen LogP contribution is 2.21. The lowest BCUT2D eigenvalue weighted by Crippen LogP contribution is -2.48. The molecular formula is C21H24N6O2. The van der Waals surface area contributed by atoms with E-state index in [0.29, 0.717) is 42.0 Å². The van der Waals surface area contributed by atoms with Crippen LogP contribution in [0.5, 0.6) is 0 Å². The molecule has 1 aliphatic heterocycles. The van der Waals surface area contributed by atoms with E-state index < -0.39 is 0 Å². The fourth-order valence-electron chi connectivity index (χ4n) is 3.32. The van der Waals surface area contributed by atoms with E-state index in [1.165, 1.54) is 0 Å². The minimum Gasteiger partial charge on any atom is -0.360 e. The SMILES string of the molecule is CCN1CCN(C(=O)c2cc(Nc3cc(C)on3)nc(-c3ccccc3)n2)CC1. The van der Waals surface area contributed by atoms with Crippen LogP contribution in [0.4, 0.5) is 11.6 Å². The van der Waals surface area contributed by atoms with Crippen LogP contribution in [0.3, 0.4) is 0 Å². The van der Waals surface area contributed by atoms with Crippen molar-refractivity contribution >= 4 is 17.5 Å². The number of nitrogens with zero attached hydrogens (tertiary/aromatic N) is 5. The Kier molecular flexibility index (Phi) is 5.53. The number of likely N-dealkylation sites (N-methyl/N-ethyl adjacent to an activating group) is 1. The standard InChI is InChI=1S/C21H24N6O2/c1-3-26-9-11-27(12-10-26)21(28)17-14-18(23-19-13-15(2)29-25-19)24-20(22-17)16-7-5-4-6-8-16/h4-8,13-14H,3,9-12H2,1-2H3,(H,22,23,24,25). The Morgan fingerprint density at radius 2 is 1.83 bits per heavy atom. The highest BCUT2D eigenvalue weighted by atomic mass is 16.5. The molecule has 0 radical (unpaired) electrons. The molecule has 1 amide bonds. The lowest BCUT2D eigenvalue weighted by molar-refractivity contribution is 0.0637. The number of rotatable bonds is 5. The van der Waals surface area contributed by atoms with Crippen molar-refractivity contribution in [3.05, 3.63) is 53.9 Å². The highest BCUT2D eigenvalue weighted by molar-refractivity contribution is 5.93. The molecule has 2 aromatic heterocycles. The van der Waals surface area contributed by atoms with Gasteiger partial charge in [0.1, 0.15) is 17.3 Å². The number of amides is 1. The Balaban J connectivity index is 1.65. The minimum absolute atomic E-state index is 0.0836. The van der Waals surface area contributed by atoms with Crippen LogP contribution in [-0.4, -0.2) is 63.6 Å². The predicted molar refractivity (Wildman–Crippen MR) is 110 cm³/mol. The molecule has 1 N–H and O–H groups in total. The molecule has 1 fully saturated rings. The first-order chi connectivity index (χ1) is 14.1. The van der Waals surface area contributed by atoms with Crippen LogP contribution in [-0.2, 0) is 0 Å². The number of hydrogen-bond acceptors (Lipinski definition) is 7. The fourth-order valence-corrected chi connectivity index (χ4v) is 3.32. The zero-order valence-corrected chi connectivity index (χ0v) is 16.6. The van der Waals surface area contributed by atoms with Gasteiger partial charge in [0.2, 0.25) is 0 Å². The van der Waals surface area contributed by atoms with Gasteiger partial charge in [-0.15, -0.1) is 0 Å². The van der Waals surface area contributed by atoms with E-state index in [2.05, 4.69) is 32.3 Å². The molecule has 0 aliphatic carbocycles. The highest BCUT2D eigenvalue weighted by Gasteiger charge is 2.23. The van der Waals surface area contributed by atoms with Gasteiger partial charge in [-0.3, -0.25) is 4.79 Å². The molecule has 1 aliphatic rings. The average molecular weight is 392 g/mol. The van der Waals surface area contributed by atoms with Crippen LogP contribution in [0.1, 0.15) is 23.2 Å². The van der Waals surface area contributed by atoms with Crippen molar-refractivity contribution < 1.29 is 9.32 Å². The number of aryl methyl sites for hydroxylation is 1. The molecule has 0 spiro atoms. The van der Waals surface area contributed by atoms with Gasteiger partial charge < -0.3 is 19.6 Å². The van der Waals surface area contributed by atoms with Crippen molar-refractivity contribution in [2.75, 3.05) is 38.0 Å². The summed E-state index contributed by atoms with van der Waals surface area (Å²) in [4.78, 5) is 26.5. The van der Waals surface area contributed by atoms with E-state index >= 15 is 0 Å². The van der Waals surface area contributed by atoms with E-state index in [9.17, 15) is 4.79 Å². The Bertz CT molecular complexity index is 980. The van der Waals surface area contributed by atoms with Crippen LogP contribution in [0.25, 0.3) is 11.4 Å². The van der Waals surface area contributed by atoms with Gasteiger partial charge in [-0.1, -0.05) is 42.4 Å². The van der Waals surface area contributed by atoms with Crippen LogP contribution < -0.4 is 5.32 Å². The van der Waals surface area contributed by atoms with E-state index in [0.717, 1.165) is 25.2 Å². The summed E-state index contributed by atoms with van der Waals surface area (Å²) in [5.74, 6) is 2.14. The average Bonchev–Trinajstić information content (AvgIpc) is 3.18. The van der Waals surface area contributed by atoms with Gasteiger partial charge >= 0.3 is 0 Å². The summed E-state index contributed by atoms with van der Waals surface area (Å²) in [6.07, 6.45) is 0. The van der Waals surface area contributed by atoms with Gasteiger partial charge in [0.15, 0.2) is 11.6 Å². The number of piperazine rings is 1. The molecular weight excluding hydrogens is 368 g/mol.